The summed E-state index contributed by atoms with van der Waals surface area (Å²) in [5, 5.41) is 5.51. The van der Waals surface area contributed by atoms with Crippen LogP contribution in [0.25, 0.3) is 0 Å². The van der Waals surface area contributed by atoms with Crippen molar-refractivity contribution in [3.05, 3.63) is 65.0 Å². The summed E-state index contributed by atoms with van der Waals surface area (Å²) < 4.78 is 12.8. The highest BCUT2D eigenvalue weighted by atomic mass is 19.1. The SMILES string of the molecule is Cc1cccc(C(C)C)c1NC(=O)CC(=O)NCc1ccc(F)cc1. The number of nitrogens with one attached hydrogen (secondary N) is 2. The average Bonchev–Trinajstić information content (AvgIpc) is 2.56. The fourth-order valence-electron chi connectivity index (χ4n) is 2.54. The normalized spacial score (nSPS) is 10.6. The van der Waals surface area contributed by atoms with Crippen LogP contribution < -0.4 is 10.6 Å². The van der Waals surface area contributed by atoms with Gasteiger partial charge in [0.2, 0.25) is 11.8 Å². The molecule has 2 amide bonds. The Labute approximate surface area is 147 Å². The van der Waals surface area contributed by atoms with Crippen molar-refractivity contribution in [3.8, 4) is 0 Å². The molecule has 0 bridgehead atoms. The summed E-state index contributed by atoms with van der Waals surface area (Å²) >= 11 is 0. The number of carbonyl (C=O) groups is 2. The van der Waals surface area contributed by atoms with E-state index in [-0.39, 0.29) is 36.5 Å². The number of benzene rings is 2. The number of para-hydroxylation sites is 1. The Bertz CT molecular complexity index is 755. The summed E-state index contributed by atoms with van der Waals surface area (Å²) in [6, 6.07) is 11.7. The molecule has 0 unspecified atom stereocenters. The minimum Gasteiger partial charge on any atom is -0.352 e. The number of aryl methyl sites for hydroxylation is 1. The zero-order valence-corrected chi connectivity index (χ0v) is 14.7. The van der Waals surface area contributed by atoms with Gasteiger partial charge in [-0.15, -0.1) is 0 Å². The van der Waals surface area contributed by atoms with Crippen molar-refractivity contribution in [1.29, 1.82) is 0 Å². The Morgan fingerprint density at radius 1 is 1.04 bits per heavy atom. The highest BCUT2D eigenvalue weighted by Crippen LogP contribution is 2.27. The van der Waals surface area contributed by atoms with E-state index >= 15 is 0 Å². The summed E-state index contributed by atoms with van der Waals surface area (Å²) in [5.74, 6) is -0.787. The maximum Gasteiger partial charge on any atom is 0.233 e. The molecule has 0 fully saturated rings. The molecule has 2 aromatic carbocycles. The minimum atomic E-state index is -0.374. The van der Waals surface area contributed by atoms with Gasteiger partial charge in [0, 0.05) is 12.2 Å². The maximum atomic E-state index is 12.8. The quantitative estimate of drug-likeness (QED) is 0.782. The van der Waals surface area contributed by atoms with Crippen LogP contribution in [0.15, 0.2) is 42.5 Å². The van der Waals surface area contributed by atoms with Crippen molar-refractivity contribution in [1.82, 2.24) is 5.32 Å². The van der Waals surface area contributed by atoms with Crippen LogP contribution in [0.3, 0.4) is 0 Å². The van der Waals surface area contributed by atoms with Crippen LogP contribution in [0.4, 0.5) is 10.1 Å². The zero-order chi connectivity index (χ0) is 18.4. The largest absolute Gasteiger partial charge is 0.352 e. The smallest absolute Gasteiger partial charge is 0.233 e. The molecule has 0 aliphatic carbocycles. The first-order chi connectivity index (χ1) is 11.9. The average molecular weight is 342 g/mol. The predicted octanol–water partition coefficient (Wildman–Crippen LogP) is 3.90. The van der Waals surface area contributed by atoms with Gasteiger partial charge in [-0.05, 0) is 41.7 Å². The van der Waals surface area contributed by atoms with Gasteiger partial charge in [0.25, 0.3) is 0 Å². The summed E-state index contributed by atoms with van der Waals surface area (Å²) in [5.41, 5.74) is 3.55. The van der Waals surface area contributed by atoms with Crippen molar-refractivity contribution < 1.29 is 14.0 Å². The first-order valence-corrected chi connectivity index (χ1v) is 8.27. The maximum absolute atomic E-state index is 12.8. The molecule has 4 nitrogen and oxygen atoms in total. The number of hydrogen-bond acceptors (Lipinski definition) is 2. The van der Waals surface area contributed by atoms with E-state index in [4.69, 9.17) is 0 Å². The number of amides is 2. The summed E-state index contributed by atoms with van der Waals surface area (Å²) in [7, 11) is 0. The van der Waals surface area contributed by atoms with E-state index in [1.165, 1.54) is 12.1 Å². The molecular weight excluding hydrogens is 319 g/mol. The van der Waals surface area contributed by atoms with Gasteiger partial charge in [0.05, 0.1) is 0 Å². The molecule has 2 rings (SSSR count). The van der Waals surface area contributed by atoms with Gasteiger partial charge in [-0.3, -0.25) is 9.59 Å². The van der Waals surface area contributed by atoms with E-state index in [1.54, 1.807) is 12.1 Å². The second-order valence-electron chi connectivity index (χ2n) is 6.32. The Hall–Kier alpha value is -2.69. The molecule has 0 aliphatic rings. The number of carbonyl (C=O) groups excluding carboxylic acids is 2. The van der Waals surface area contributed by atoms with Crippen molar-refractivity contribution in [3.63, 3.8) is 0 Å². The lowest BCUT2D eigenvalue weighted by atomic mass is 9.98. The van der Waals surface area contributed by atoms with E-state index in [1.807, 2.05) is 25.1 Å². The van der Waals surface area contributed by atoms with Crippen LogP contribution in [0.2, 0.25) is 0 Å². The lowest BCUT2D eigenvalue weighted by Crippen LogP contribution is -2.28. The number of anilines is 1. The van der Waals surface area contributed by atoms with E-state index in [9.17, 15) is 14.0 Å². The molecule has 5 heteroatoms. The van der Waals surface area contributed by atoms with E-state index in [0.29, 0.717) is 0 Å². The van der Waals surface area contributed by atoms with Crippen LogP contribution in [-0.4, -0.2) is 11.8 Å². The van der Waals surface area contributed by atoms with Crippen LogP contribution >= 0.6 is 0 Å². The van der Waals surface area contributed by atoms with Crippen LogP contribution in [0, 0.1) is 12.7 Å². The van der Waals surface area contributed by atoms with E-state index in [2.05, 4.69) is 24.5 Å². The Kier molecular flexibility index (Phi) is 6.28. The molecule has 0 saturated heterocycles. The summed E-state index contributed by atoms with van der Waals surface area (Å²) in [4.78, 5) is 24.1. The van der Waals surface area contributed by atoms with Gasteiger partial charge in [-0.1, -0.05) is 44.2 Å². The van der Waals surface area contributed by atoms with Crippen molar-refractivity contribution in [2.24, 2.45) is 0 Å². The van der Waals surface area contributed by atoms with Gasteiger partial charge in [-0.2, -0.15) is 0 Å². The highest BCUT2D eigenvalue weighted by molar-refractivity contribution is 6.04. The van der Waals surface area contributed by atoms with Gasteiger partial charge < -0.3 is 10.6 Å². The molecule has 0 heterocycles. The molecule has 0 saturated carbocycles. The first kappa shape index (κ1) is 18.6. The molecule has 0 aliphatic heterocycles. The van der Waals surface area contributed by atoms with Crippen molar-refractivity contribution in [2.75, 3.05) is 5.32 Å². The number of halogens is 1. The topological polar surface area (TPSA) is 58.2 Å². The monoisotopic (exact) mass is 342 g/mol. The Morgan fingerprint density at radius 2 is 1.72 bits per heavy atom. The number of rotatable bonds is 6. The fourth-order valence-corrected chi connectivity index (χ4v) is 2.54. The number of hydrogen-bond donors (Lipinski definition) is 2. The minimum absolute atomic E-state index is 0.257. The van der Waals surface area contributed by atoms with E-state index < -0.39 is 0 Å². The third-order valence-corrected chi connectivity index (χ3v) is 3.92. The van der Waals surface area contributed by atoms with Crippen molar-refractivity contribution in [2.45, 2.75) is 39.7 Å². The molecule has 0 aromatic heterocycles. The second-order valence-corrected chi connectivity index (χ2v) is 6.32. The molecule has 2 N–H and O–H groups in total. The summed E-state index contributed by atoms with van der Waals surface area (Å²) in [6.45, 7) is 6.30. The second kappa shape index (κ2) is 8.42. The first-order valence-electron chi connectivity index (χ1n) is 8.27. The van der Waals surface area contributed by atoms with Crippen LogP contribution in [-0.2, 0) is 16.1 Å². The van der Waals surface area contributed by atoms with Gasteiger partial charge in [0.1, 0.15) is 12.2 Å². The van der Waals surface area contributed by atoms with Crippen molar-refractivity contribution >= 4 is 17.5 Å². The molecule has 132 valence electrons. The van der Waals surface area contributed by atoms with Crippen LogP contribution in [0.5, 0.6) is 0 Å². The molecule has 25 heavy (non-hydrogen) atoms. The predicted molar refractivity (Wildman–Crippen MR) is 96.8 cm³/mol. The van der Waals surface area contributed by atoms with Gasteiger partial charge in [-0.25, -0.2) is 4.39 Å². The molecule has 0 spiro atoms. The molecule has 0 radical (unpaired) electrons. The summed E-state index contributed by atoms with van der Waals surface area (Å²) in [6.07, 6.45) is -0.257. The van der Waals surface area contributed by atoms with Crippen LogP contribution in [0.1, 0.15) is 42.9 Å². The molecule has 0 atom stereocenters. The molecular formula is C20H23FN2O2. The Morgan fingerprint density at radius 3 is 2.36 bits per heavy atom. The third kappa shape index (κ3) is 5.41. The van der Waals surface area contributed by atoms with Gasteiger partial charge >= 0.3 is 0 Å². The third-order valence-electron chi connectivity index (χ3n) is 3.92. The molecule has 2 aromatic rings. The lowest BCUT2D eigenvalue weighted by Gasteiger charge is -2.16. The lowest BCUT2D eigenvalue weighted by molar-refractivity contribution is -0.126. The zero-order valence-electron chi connectivity index (χ0n) is 14.7. The van der Waals surface area contributed by atoms with Gasteiger partial charge in [0.15, 0.2) is 0 Å². The van der Waals surface area contributed by atoms with E-state index in [0.717, 1.165) is 22.4 Å². The Balaban J connectivity index is 1.92. The standard InChI is InChI=1S/C20H23FN2O2/c1-13(2)17-6-4-5-14(3)20(17)23-19(25)11-18(24)22-12-15-7-9-16(21)10-8-15/h4-10,13H,11-12H2,1-3H3,(H,22,24)(H,23,25). The highest BCUT2D eigenvalue weighted by Gasteiger charge is 2.14. The fraction of sp³-hybridized carbons (Fsp3) is 0.300.